The Morgan fingerprint density at radius 2 is 1.88 bits per heavy atom. The molecule has 0 unspecified atom stereocenters. The molecule has 0 aromatic rings. The van der Waals surface area contributed by atoms with Gasteiger partial charge in [0.15, 0.2) is 5.78 Å². The van der Waals surface area contributed by atoms with Crippen LogP contribution in [0.15, 0.2) is 23.3 Å². The van der Waals surface area contributed by atoms with Gasteiger partial charge in [-0.25, -0.2) is 4.79 Å². The van der Waals surface area contributed by atoms with Crippen LogP contribution in [0.5, 0.6) is 0 Å². The minimum absolute atomic E-state index is 0.0220. The summed E-state index contributed by atoms with van der Waals surface area (Å²) in [4.78, 5) is 36.9. The van der Waals surface area contributed by atoms with Gasteiger partial charge in [0, 0.05) is 30.3 Å². The quantitative estimate of drug-likeness (QED) is 0.636. The van der Waals surface area contributed by atoms with Crippen molar-refractivity contribution in [1.29, 1.82) is 0 Å². The summed E-state index contributed by atoms with van der Waals surface area (Å²) < 4.78 is 5.50. The molecule has 4 aliphatic carbocycles. The zero-order valence-electron chi connectivity index (χ0n) is 14.8. The van der Waals surface area contributed by atoms with Crippen LogP contribution in [0, 0.1) is 28.6 Å². The van der Waals surface area contributed by atoms with Gasteiger partial charge < -0.3 is 4.74 Å². The first kappa shape index (κ1) is 15.5. The molecule has 0 spiro atoms. The molecule has 0 amide bonds. The molecule has 0 aromatic heterocycles. The van der Waals surface area contributed by atoms with Crippen molar-refractivity contribution in [3.63, 3.8) is 0 Å². The Hall–Kier alpha value is -1.71. The van der Waals surface area contributed by atoms with Gasteiger partial charge in [-0.05, 0) is 54.6 Å². The molecule has 1 aliphatic heterocycles. The zero-order valence-corrected chi connectivity index (χ0v) is 14.8. The van der Waals surface area contributed by atoms with Gasteiger partial charge in [0.2, 0.25) is 0 Å². The highest BCUT2D eigenvalue weighted by Crippen LogP contribution is 2.66. The van der Waals surface area contributed by atoms with Crippen LogP contribution in [0.2, 0.25) is 0 Å². The van der Waals surface area contributed by atoms with Gasteiger partial charge >= 0.3 is 5.97 Å². The first-order valence-electron chi connectivity index (χ1n) is 9.52. The van der Waals surface area contributed by atoms with E-state index >= 15 is 0 Å². The molecule has 0 bridgehead atoms. The third-order valence-electron chi connectivity index (χ3n) is 8.05. The maximum absolute atomic E-state index is 13.3. The Labute approximate surface area is 147 Å². The van der Waals surface area contributed by atoms with Gasteiger partial charge in [0.1, 0.15) is 11.9 Å². The molecule has 1 heterocycles. The van der Waals surface area contributed by atoms with E-state index < -0.39 is 0 Å². The first-order valence-corrected chi connectivity index (χ1v) is 9.52. The summed E-state index contributed by atoms with van der Waals surface area (Å²) in [6, 6.07) is 0. The summed E-state index contributed by atoms with van der Waals surface area (Å²) in [5, 5.41) is 0. The molecule has 6 atom stereocenters. The Balaban J connectivity index is 1.57. The lowest BCUT2D eigenvalue weighted by atomic mass is 9.47. The number of hydrogen-bond acceptors (Lipinski definition) is 4. The first-order chi connectivity index (χ1) is 11.8. The van der Waals surface area contributed by atoms with Gasteiger partial charge in [0.25, 0.3) is 0 Å². The van der Waals surface area contributed by atoms with E-state index in [1.807, 2.05) is 6.08 Å². The maximum Gasteiger partial charge on any atom is 0.331 e. The number of hydrogen-bond donors (Lipinski definition) is 0. The lowest BCUT2D eigenvalue weighted by Gasteiger charge is -2.56. The molecule has 0 aromatic carbocycles. The highest BCUT2D eigenvalue weighted by Gasteiger charge is 2.64. The van der Waals surface area contributed by atoms with Crippen LogP contribution in [-0.2, 0) is 19.1 Å². The summed E-state index contributed by atoms with van der Waals surface area (Å²) in [6.07, 6.45) is 7.98. The predicted molar refractivity (Wildman–Crippen MR) is 90.4 cm³/mol. The van der Waals surface area contributed by atoms with E-state index in [4.69, 9.17) is 4.74 Å². The van der Waals surface area contributed by atoms with Gasteiger partial charge in [-0.3, -0.25) is 9.59 Å². The Kier molecular flexibility index (Phi) is 2.93. The number of carbonyl (C=O) groups excluding carboxylic acids is 3. The number of Topliss-reactive ketones (excluding diaryl/α,β-unsaturated/α-hetero) is 1. The molecule has 5 aliphatic rings. The summed E-state index contributed by atoms with van der Waals surface area (Å²) in [7, 11) is 0. The van der Waals surface area contributed by atoms with Crippen LogP contribution < -0.4 is 0 Å². The number of fused-ring (bicyclic) bond motifs is 7. The SMILES string of the molecule is C[C@]12CCC(=O)C=C1CC[C@H]1[C@H]2C(=O)C[C@]2(C)C3=CC(=O)O[C@H]3C[C@H]12. The van der Waals surface area contributed by atoms with Crippen molar-refractivity contribution in [2.24, 2.45) is 28.6 Å². The lowest BCUT2D eigenvalue weighted by molar-refractivity contribution is -0.144. The molecule has 132 valence electrons. The summed E-state index contributed by atoms with van der Waals surface area (Å²) in [6.45, 7) is 4.37. The molecular weight excluding hydrogens is 316 g/mol. The minimum Gasteiger partial charge on any atom is -0.455 e. The highest BCUT2D eigenvalue weighted by atomic mass is 16.5. The Morgan fingerprint density at radius 3 is 2.68 bits per heavy atom. The summed E-state index contributed by atoms with van der Waals surface area (Å²) in [5.74, 6) is 1.05. The second kappa shape index (κ2) is 4.72. The number of ketones is 2. The van der Waals surface area contributed by atoms with Gasteiger partial charge in [-0.2, -0.15) is 0 Å². The molecule has 3 fully saturated rings. The molecule has 5 rings (SSSR count). The maximum atomic E-state index is 13.3. The van der Waals surface area contributed by atoms with E-state index in [1.165, 1.54) is 5.57 Å². The number of ether oxygens (including phenoxy) is 1. The normalized spacial score (nSPS) is 48.0. The lowest BCUT2D eigenvalue weighted by Crippen LogP contribution is -2.54. The summed E-state index contributed by atoms with van der Waals surface area (Å²) >= 11 is 0. The molecule has 4 heteroatoms. The highest BCUT2D eigenvalue weighted by molar-refractivity contribution is 5.93. The predicted octanol–water partition coefficient (Wildman–Crippen LogP) is 3.16. The van der Waals surface area contributed by atoms with Crippen molar-refractivity contribution in [2.45, 2.75) is 58.5 Å². The van der Waals surface area contributed by atoms with E-state index in [0.29, 0.717) is 30.5 Å². The van der Waals surface area contributed by atoms with Gasteiger partial charge in [-0.15, -0.1) is 0 Å². The topological polar surface area (TPSA) is 60.4 Å². The monoisotopic (exact) mass is 340 g/mol. The second-order valence-corrected chi connectivity index (χ2v) is 9.16. The van der Waals surface area contributed by atoms with Crippen LogP contribution in [0.25, 0.3) is 0 Å². The number of esters is 1. The van der Waals surface area contributed by atoms with E-state index in [9.17, 15) is 14.4 Å². The zero-order chi connectivity index (χ0) is 17.6. The van der Waals surface area contributed by atoms with Crippen molar-refractivity contribution in [3.8, 4) is 0 Å². The van der Waals surface area contributed by atoms with E-state index in [-0.39, 0.29) is 34.6 Å². The molecule has 0 radical (unpaired) electrons. The molecule has 0 saturated heterocycles. The molecule has 0 N–H and O–H groups in total. The second-order valence-electron chi connectivity index (χ2n) is 9.16. The number of allylic oxidation sites excluding steroid dienone is 1. The van der Waals surface area contributed by atoms with Crippen molar-refractivity contribution < 1.29 is 19.1 Å². The Morgan fingerprint density at radius 1 is 1.08 bits per heavy atom. The Bertz CT molecular complexity index is 775. The van der Waals surface area contributed by atoms with Gasteiger partial charge in [0.05, 0.1) is 0 Å². The van der Waals surface area contributed by atoms with Crippen LogP contribution in [-0.4, -0.2) is 23.6 Å². The largest absolute Gasteiger partial charge is 0.455 e. The van der Waals surface area contributed by atoms with Crippen molar-refractivity contribution in [2.75, 3.05) is 0 Å². The third-order valence-corrected chi connectivity index (χ3v) is 8.05. The smallest absolute Gasteiger partial charge is 0.331 e. The van der Waals surface area contributed by atoms with Crippen LogP contribution >= 0.6 is 0 Å². The third kappa shape index (κ3) is 1.86. The van der Waals surface area contributed by atoms with E-state index in [0.717, 1.165) is 31.3 Å². The fourth-order valence-corrected chi connectivity index (χ4v) is 6.90. The van der Waals surface area contributed by atoms with E-state index in [2.05, 4.69) is 13.8 Å². The standard InChI is InChI=1S/C21H24O4/c1-20-6-5-12(22)7-11(20)3-4-13-14-8-17-15(9-18(24)25-17)21(14,2)10-16(23)19(13)20/h7,9,13-14,17,19H,3-6,8,10H2,1-2H3/t13-,14-,17+,19+,20+,21+/m1/s1. The molecule has 4 nitrogen and oxygen atoms in total. The molecule has 25 heavy (non-hydrogen) atoms. The van der Waals surface area contributed by atoms with E-state index in [1.54, 1.807) is 6.08 Å². The van der Waals surface area contributed by atoms with Crippen molar-refractivity contribution >= 4 is 17.5 Å². The average molecular weight is 340 g/mol. The van der Waals surface area contributed by atoms with Crippen molar-refractivity contribution in [3.05, 3.63) is 23.3 Å². The van der Waals surface area contributed by atoms with Crippen LogP contribution in [0.4, 0.5) is 0 Å². The molecular formula is C21H24O4. The van der Waals surface area contributed by atoms with Crippen LogP contribution in [0.3, 0.4) is 0 Å². The fourth-order valence-electron chi connectivity index (χ4n) is 6.90. The number of rotatable bonds is 0. The average Bonchev–Trinajstić information content (AvgIpc) is 3.03. The summed E-state index contributed by atoms with van der Waals surface area (Å²) in [5.41, 5.74) is 1.88. The van der Waals surface area contributed by atoms with Crippen LogP contribution in [0.1, 0.15) is 52.4 Å². The van der Waals surface area contributed by atoms with Gasteiger partial charge in [-0.1, -0.05) is 19.4 Å². The number of carbonyl (C=O) groups is 3. The minimum atomic E-state index is -0.249. The fraction of sp³-hybridized carbons (Fsp3) is 0.667. The molecule has 3 saturated carbocycles. The van der Waals surface area contributed by atoms with Crippen molar-refractivity contribution in [1.82, 2.24) is 0 Å².